The molecule has 3 heteroatoms. The number of oxazole rings is 1. The molecule has 1 aliphatic rings. The van der Waals surface area contributed by atoms with Crippen molar-refractivity contribution in [3.8, 4) is 0 Å². The minimum Gasteiger partial charge on any atom is -0.444 e. The maximum absolute atomic E-state index is 5.69. The van der Waals surface area contributed by atoms with Crippen molar-refractivity contribution in [2.45, 2.75) is 96.6 Å². The van der Waals surface area contributed by atoms with Gasteiger partial charge in [0.1, 0.15) is 5.76 Å². The number of rotatable bonds is 4. The van der Waals surface area contributed by atoms with E-state index in [1.807, 2.05) is 6.20 Å². The van der Waals surface area contributed by atoms with Gasteiger partial charge in [-0.1, -0.05) is 64.7 Å². The van der Waals surface area contributed by atoms with Crippen LogP contribution >= 0.6 is 0 Å². The van der Waals surface area contributed by atoms with Gasteiger partial charge >= 0.3 is 0 Å². The van der Waals surface area contributed by atoms with Gasteiger partial charge in [-0.25, -0.2) is 4.98 Å². The predicted octanol–water partition coefficient (Wildman–Crippen LogP) is 5.00. The summed E-state index contributed by atoms with van der Waals surface area (Å²) in [6.07, 6.45) is 18.1. The Bertz CT molecular complexity index is 363. The van der Waals surface area contributed by atoms with Crippen LogP contribution in [-0.2, 0) is 13.0 Å². The highest BCUT2D eigenvalue weighted by atomic mass is 16.4. The molecule has 0 bridgehead atoms. The summed E-state index contributed by atoms with van der Waals surface area (Å²) in [6, 6.07) is 0.640. The summed E-state index contributed by atoms with van der Waals surface area (Å²) in [7, 11) is 0. The number of hydrogen-bond acceptors (Lipinski definition) is 3. The van der Waals surface area contributed by atoms with Gasteiger partial charge in [0.25, 0.3) is 0 Å². The Morgan fingerprint density at radius 1 is 1.00 bits per heavy atom. The Labute approximate surface area is 129 Å². The first-order valence-electron chi connectivity index (χ1n) is 9.05. The molecular weight excluding hydrogens is 260 g/mol. The van der Waals surface area contributed by atoms with Gasteiger partial charge in [0.15, 0.2) is 0 Å². The van der Waals surface area contributed by atoms with Gasteiger partial charge < -0.3 is 9.73 Å². The van der Waals surface area contributed by atoms with Gasteiger partial charge in [0.2, 0.25) is 5.89 Å². The third-order valence-corrected chi connectivity index (χ3v) is 4.60. The highest BCUT2D eigenvalue weighted by molar-refractivity contribution is 4.93. The van der Waals surface area contributed by atoms with E-state index in [0.29, 0.717) is 6.04 Å². The second-order valence-electron chi connectivity index (χ2n) is 6.41. The summed E-state index contributed by atoms with van der Waals surface area (Å²) in [5.41, 5.74) is 0. The maximum atomic E-state index is 5.69. The lowest BCUT2D eigenvalue weighted by Crippen LogP contribution is -2.28. The molecule has 0 aromatic carbocycles. The first-order chi connectivity index (χ1) is 10.4. The summed E-state index contributed by atoms with van der Waals surface area (Å²) >= 11 is 0. The molecular formula is C18H32N2O. The van der Waals surface area contributed by atoms with Crippen molar-refractivity contribution >= 4 is 0 Å². The summed E-state index contributed by atoms with van der Waals surface area (Å²) in [5.74, 6) is 1.84. The fourth-order valence-electron chi connectivity index (χ4n) is 3.19. The summed E-state index contributed by atoms with van der Waals surface area (Å²) < 4.78 is 5.69. The zero-order chi connectivity index (χ0) is 14.8. The number of nitrogens with one attached hydrogen (secondary N) is 1. The minimum atomic E-state index is 0.640. The van der Waals surface area contributed by atoms with Gasteiger partial charge in [-0.2, -0.15) is 0 Å². The monoisotopic (exact) mass is 292 g/mol. The molecule has 0 atom stereocenters. The van der Waals surface area contributed by atoms with Crippen molar-refractivity contribution in [1.82, 2.24) is 10.3 Å². The third-order valence-electron chi connectivity index (χ3n) is 4.60. The first kappa shape index (κ1) is 16.5. The van der Waals surface area contributed by atoms with E-state index >= 15 is 0 Å². The predicted molar refractivity (Wildman–Crippen MR) is 87.3 cm³/mol. The van der Waals surface area contributed by atoms with Crippen LogP contribution in [-0.4, -0.2) is 11.0 Å². The molecule has 0 amide bonds. The van der Waals surface area contributed by atoms with Crippen molar-refractivity contribution in [3.05, 3.63) is 17.8 Å². The number of hydrogen-bond donors (Lipinski definition) is 1. The molecule has 2 rings (SSSR count). The molecule has 3 nitrogen and oxygen atoms in total. The molecule has 1 aliphatic carbocycles. The lowest BCUT2D eigenvalue weighted by atomic mass is 9.98. The Kier molecular flexibility index (Phi) is 7.87. The molecule has 1 N–H and O–H groups in total. The lowest BCUT2D eigenvalue weighted by molar-refractivity contribution is 0.371. The van der Waals surface area contributed by atoms with E-state index in [1.54, 1.807) is 0 Å². The van der Waals surface area contributed by atoms with Crippen molar-refractivity contribution in [3.63, 3.8) is 0 Å². The Morgan fingerprint density at radius 3 is 2.10 bits per heavy atom. The standard InChI is InChI=1S/C18H32N2O/c1-2-17-14-20-18(21-17)15-19-16-12-10-8-6-4-3-5-7-9-11-13-16/h14,16,19H,2-13,15H2,1H3. The lowest BCUT2D eigenvalue weighted by Gasteiger charge is -2.18. The van der Waals surface area contributed by atoms with Crippen molar-refractivity contribution in [2.24, 2.45) is 0 Å². The molecule has 0 unspecified atom stereocenters. The maximum Gasteiger partial charge on any atom is 0.208 e. The van der Waals surface area contributed by atoms with Crippen LogP contribution in [0.2, 0.25) is 0 Å². The molecule has 21 heavy (non-hydrogen) atoms. The summed E-state index contributed by atoms with van der Waals surface area (Å²) in [4.78, 5) is 4.35. The fourth-order valence-corrected chi connectivity index (χ4v) is 3.19. The van der Waals surface area contributed by atoms with Crippen LogP contribution in [0.25, 0.3) is 0 Å². The zero-order valence-corrected chi connectivity index (χ0v) is 13.7. The van der Waals surface area contributed by atoms with Gasteiger partial charge in [-0.3, -0.25) is 0 Å². The Morgan fingerprint density at radius 2 is 1.57 bits per heavy atom. The molecule has 1 heterocycles. The van der Waals surface area contributed by atoms with Crippen LogP contribution in [0.5, 0.6) is 0 Å². The number of nitrogens with zero attached hydrogens (tertiary/aromatic N) is 1. The number of aryl methyl sites for hydroxylation is 1. The van der Waals surface area contributed by atoms with Crippen LogP contribution in [0.3, 0.4) is 0 Å². The Balaban J connectivity index is 1.74. The van der Waals surface area contributed by atoms with Crippen molar-refractivity contribution in [1.29, 1.82) is 0 Å². The second kappa shape index (κ2) is 9.99. The SMILES string of the molecule is CCc1cnc(CNC2CCCCCCCCCCC2)o1. The Hall–Kier alpha value is -0.830. The molecule has 1 aromatic rings. The number of aromatic nitrogens is 1. The third kappa shape index (κ3) is 6.64. The minimum absolute atomic E-state index is 0.640. The molecule has 1 aromatic heterocycles. The molecule has 0 radical (unpaired) electrons. The normalized spacial score (nSPS) is 19.9. The van der Waals surface area contributed by atoms with E-state index in [0.717, 1.165) is 24.6 Å². The van der Waals surface area contributed by atoms with Crippen LogP contribution in [0.4, 0.5) is 0 Å². The first-order valence-corrected chi connectivity index (χ1v) is 9.05. The van der Waals surface area contributed by atoms with Crippen LogP contribution < -0.4 is 5.32 Å². The van der Waals surface area contributed by atoms with E-state index in [2.05, 4.69) is 17.2 Å². The zero-order valence-electron chi connectivity index (χ0n) is 13.7. The van der Waals surface area contributed by atoms with Crippen LogP contribution in [0.15, 0.2) is 10.6 Å². The van der Waals surface area contributed by atoms with Crippen LogP contribution in [0.1, 0.15) is 89.2 Å². The molecule has 0 saturated heterocycles. The average Bonchev–Trinajstić information content (AvgIpc) is 2.95. The molecule has 1 saturated carbocycles. The topological polar surface area (TPSA) is 38.1 Å². The van der Waals surface area contributed by atoms with Gasteiger partial charge in [0.05, 0.1) is 12.7 Å². The van der Waals surface area contributed by atoms with E-state index in [9.17, 15) is 0 Å². The van der Waals surface area contributed by atoms with Gasteiger partial charge in [0, 0.05) is 12.5 Å². The van der Waals surface area contributed by atoms with Gasteiger partial charge in [-0.05, 0) is 12.8 Å². The van der Waals surface area contributed by atoms with E-state index in [4.69, 9.17) is 4.42 Å². The molecule has 0 aliphatic heterocycles. The van der Waals surface area contributed by atoms with E-state index < -0.39 is 0 Å². The highest BCUT2D eigenvalue weighted by Gasteiger charge is 2.10. The quantitative estimate of drug-likeness (QED) is 0.848. The second-order valence-corrected chi connectivity index (χ2v) is 6.41. The van der Waals surface area contributed by atoms with E-state index in [-0.39, 0.29) is 0 Å². The molecule has 0 spiro atoms. The summed E-state index contributed by atoms with van der Waals surface area (Å²) in [6.45, 7) is 2.88. The largest absolute Gasteiger partial charge is 0.444 e. The smallest absolute Gasteiger partial charge is 0.208 e. The molecule has 1 fully saturated rings. The van der Waals surface area contributed by atoms with Crippen LogP contribution in [0, 0.1) is 0 Å². The van der Waals surface area contributed by atoms with Crippen molar-refractivity contribution < 1.29 is 4.42 Å². The highest BCUT2D eigenvalue weighted by Crippen LogP contribution is 2.17. The van der Waals surface area contributed by atoms with Crippen molar-refractivity contribution in [2.75, 3.05) is 0 Å². The van der Waals surface area contributed by atoms with Gasteiger partial charge in [-0.15, -0.1) is 0 Å². The average molecular weight is 292 g/mol. The molecule has 120 valence electrons. The fraction of sp³-hybridized carbons (Fsp3) is 0.833. The summed E-state index contributed by atoms with van der Waals surface area (Å²) in [5, 5.41) is 3.67. The van der Waals surface area contributed by atoms with E-state index in [1.165, 1.54) is 70.6 Å².